The third-order valence-corrected chi connectivity index (χ3v) is 3.75. The van der Waals surface area contributed by atoms with Gasteiger partial charge in [-0.3, -0.25) is 0 Å². The molecule has 2 heterocycles. The summed E-state index contributed by atoms with van der Waals surface area (Å²) in [4.78, 5) is 11.1. The predicted octanol–water partition coefficient (Wildman–Crippen LogP) is 2.69. The van der Waals surface area contributed by atoms with Crippen LogP contribution in [0.15, 0.2) is 47.0 Å². The number of nitrogens with two attached hydrogens (primary N) is 1. The average Bonchev–Trinajstić information content (AvgIpc) is 2.85. The second kappa shape index (κ2) is 6.64. The molecule has 0 atom stereocenters. The van der Waals surface area contributed by atoms with Gasteiger partial charge in [-0.1, -0.05) is 26.0 Å². The smallest absolute Gasteiger partial charge is 0.131 e. The Hall–Kier alpha value is -2.30. The molecular weight excluding hydrogens is 274 g/mol. The Kier molecular flexibility index (Phi) is 4.85. The number of hydrogen-bond donors (Lipinski definition) is 1. The number of aliphatic imine (C=N–C) groups is 1. The summed E-state index contributed by atoms with van der Waals surface area (Å²) in [5.74, 6) is 0.539. The van der Waals surface area contributed by atoms with Gasteiger partial charge in [0.15, 0.2) is 0 Å². The Morgan fingerprint density at radius 3 is 2.77 bits per heavy atom. The maximum Gasteiger partial charge on any atom is 0.131 e. The van der Waals surface area contributed by atoms with Crippen LogP contribution in [0.2, 0.25) is 0 Å². The van der Waals surface area contributed by atoms with Crippen molar-refractivity contribution in [1.29, 1.82) is 0 Å². The Balaban J connectivity index is 2.38. The lowest BCUT2D eigenvalue weighted by Gasteiger charge is -2.28. The van der Waals surface area contributed by atoms with Crippen molar-refractivity contribution in [1.82, 2.24) is 14.5 Å². The Morgan fingerprint density at radius 2 is 2.18 bits per heavy atom. The van der Waals surface area contributed by atoms with Crippen molar-refractivity contribution in [3.05, 3.63) is 47.7 Å². The highest BCUT2D eigenvalue weighted by Crippen LogP contribution is 2.29. The second-order valence-electron chi connectivity index (χ2n) is 5.71. The van der Waals surface area contributed by atoms with Crippen molar-refractivity contribution in [2.75, 3.05) is 13.6 Å². The van der Waals surface area contributed by atoms with Gasteiger partial charge in [0.05, 0.1) is 12.0 Å². The molecule has 1 aliphatic heterocycles. The highest BCUT2D eigenvalue weighted by atomic mass is 15.1. The number of amidine groups is 1. The van der Waals surface area contributed by atoms with E-state index in [1.54, 1.807) is 0 Å². The number of aromatic nitrogens is 2. The van der Waals surface area contributed by atoms with E-state index in [0.717, 1.165) is 47.6 Å². The number of nitrogens with zero attached hydrogens (tertiary/aromatic N) is 4. The zero-order valence-electron chi connectivity index (χ0n) is 13.9. The third-order valence-electron chi connectivity index (χ3n) is 3.75. The molecule has 118 valence electrons. The lowest BCUT2D eigenvalue weighted by Crippen LogP contribution is -2.27. The molecular formula is C17H25N5. The number of allylic oxidation sites excluding steroid dienone is 1. The molecule has 0 bridgehead atoms. The molecule has 1 aromatic heterocycles. The van der Waals surface area contributed by atoms with Gasteiger partial charge in [-0.25, -0.2) is 9.98 Å². The minimum Gasteiger partial charge on any atom is -0.383 e. The summed E-state index contributed by atoms with van der Waals surface area (Å²) >= 11 is 0. The quantitative estimate of drug-likeness (QED) is 0.672. The molecule has 0 spiro atoms. The zero-order chi connectivity index (χ0) is 16.3. The maximum atomic E-state index is 6.20. The lowest BCUT2D eigenvalue weighted by atomic mass is 9.98. The fourth-order valence-electron chi connectivity index (χ4n) is 2.68. The average molecular weight is 299 g/mol. The molecule has 22 heavy (non-hydrogen) atoms. The van der Waals surface area contributed by atoms with Crippen LogP contribution in [-0.2, 0) is 7.05 Å². The van der Waals surface area contributed by atoms with E-state index < -0.39 is 0 Å². The highest BCUT2D eigenvalue weighted by Gasteiger charge is 2.21. The Labute approximate surface area is 132 Å². The molecule has 0 aromatic carbocycles. The first kappa shape index (κ1) is 16.1. The number of aryl methyl sites for hydroxylation is 1. The van der Waals surface area contributed by atoms with E-state index in [9.17, 15) is 0 Å². The topological polar surface area (TPSA) is 59.4 Å². The summed E-state index contributed by atoms with van der Waals surface area (Å²) < 4.78 is 1.95. The molecule has 0 aliphatic carbocycles. The summed E-state index contributed by atoms with van der Waals surface area (Å²) in [7, 11) is 4.03. The standard InChI is InChI=1S/C17H25N5/c1-6-7-12(2)20-17(18)14-8-9-22(5)16(13(14)3)15-10-21(4)11-19-15/h8,10-11H,2,6-7,9H2,1,3-5H3,(H2,18,20). The van der Waals surface area contributed by atoms with E-state index in [1.807, 2.05) is 24.1 Å². The minimum absolute atomic E-state index is 0.539. The van der Waals surface area contributed by atoms with Gasteiger partial charge in [0, 0.05) is 38.1 Å². The van der Waals surface area contributed by atoms with Crippen molar-refractivity contribution in [2.24, 2.45) is 17.8 Å². The summed E-state index contributed by atoms with van der Waals surface area (Å²) in [6, 6.07) is 0. The number of imidazole rings is 1. The predicted molar refractivity (Wildman–Crippen MR) is 92.2 cm³/mol. The number of rotatable bonds is 5. The molecule has 2 N–H and O–H groups in total. The minimum atomic E-state index is 0.539. The fourth-order valence-corrected chi connectivity index (χ4v) is 2.68. The molecule has 0 radical (unpaired) electrons. The van der Waals surface area contributed by atoms with Crippen molar-refractivity contribution in [3.8, 4) is 0 Å². The van der Waals surface area contributed by atoms with Crippen LogP contribution in [0.3, 0.4) is 0 Å². The fraction of sp³-hybridized carbons (Fsp3) is 0.412. The largest absolute Gasteiger partial charge is 0.383 e. The molecule has 1 aromatic rings. The number of likely N-dealkylation sites (N-methyl/N-ethyl adjacent to an activating group) is 1. The first-order valence-electron chi connectivity index (χ1n) is 7.57. The van der Waals surface area contributed by atoms with E-state index in [2.05, 4.69) is 48.4 Å². The molecule has 5 heteroatoms. The van der Waals surface area contributed by atoms with Crippen LogP contribution >= 0.6 is 0 Å². The van der Waals surface area contributed by atoms with Gasteiger partial charge in [0.25, 0.3) is 0 Å². The lowest BCUT2D eigenvalue weighted by molar-refractivity contribution is 0.523. The first-order valence-corrected chi connectivity index (χ1v) is 7.57. The van der Waals surface area contributed by atoms with Crippen LogP contribution in [0.4, 0.5) is 0 Å². The molecule has 2 rings (SSSR count). The SMILES string of the molecule is C=C(CCC)/N=C(/N)C1=CCN(C)C(c2cn(C)cn2)=C1C. The molecule has 0 saturated carbocycles. The van der Waals surface area contributed by atoms with Gasteiger partial charge in [0.1, 0.15) is 11.5 Å². The van der Waals surface area contributed by atoms with Gasteiger partial charge in [-0.2, -0.15) is 0 Å². The molecule has 1 aliphatic rings. The third kappa shape index (κ3) is 3.30. The second-order valence-corrected chi connectivity index (χ2v) is 5.71. The summed E-state index contributed by atoms with van der Waals surface area (Å²) in [5, 5.41) is 0. The van der Waals surface area contributed by atoms with Gasteiger partial charge < -0.3 is 15.2 Å². The number of hydrogen-bond acceptors (Lipinski definition) is 3. The van der Waals surface area contributed by atoms with Crippen molar-refractivity contribution < 1.29 is 0 Å². The van der Waals surface area contributed by atoms with E-state index in [4.69, 9.17) is 5.73 Å². The molecule has 0 unspecified atom stereocenters. The molecule has 0 fully saturated rings. The molecule has 0 amide bonds. The molecule has 5 nitrogen and oxygen atoms in total. The van der Waals surface area contributed by atoms with E-state index in [-0.39, 0.29) is 0 Å². The molecule has 0 saturated heterocycles. The van der Waals surface area contributed by atoms with Gasteiger partial charge in [0.2, 0.25) is 0 Å². The van der Waals surface area contributed by atoms with E-state index >= 15 is 0 Å². The summed E-state index contributed by atoms with van der Waals surface area (Å²) in [5.41, 5.74) is 11.2. The Morgan fingerprint density at radius 1 is 1.45 bits per heavy atom. The van der Waals surface area contributed by atoms with E-state index in [1.165, 1.54) is 0 Å². The monoisotopic (exact) mass is 299 g/mol. The van der Waals surface area contributed by atoms with Crippen LogP contribution < -0.4 is 5.73 Å². The van der Waals surface area contributed by atoms with Crippen LogP contribution in [0.5, 0.6) is 0 Å². The van der Waals surface area contributed by atoms with E-state index in [0.29, 0.717) is 5.84 Å². The first-order chi connectivity index (χ1) is 10.4. The zero-order valence-corrected chi connectivity index (χ0v) is 13.9. The summed E-state index contributed by atoms with van der Waals surface area (Å²) in [6.45, 7) is 8.92. The van der Waals surface area contributed by atoms with Crippen LogP contribution in [0, 0.1) is 0 Å². The van der Waals surface area contributed by atoms with Gasteiger partial charge in [-0.05, 0) is 18.9 Å². The maximum absolute atomic E-state index is 6.20. The van der Waals surface area contributed by atoms with Crippen LogP contribution in [0.25, 0.3) is 5.70 Å². The van der Waals surface area contributed by atoms with Crippen LogP contribution in [0.1, 0.15) is 32.4 Å². The summed E-state index contributed by atoms with van der Waals surface area (Å²) in [6.07, 6.45) is 7.82. The normalized spacial score (nSPS) is 16.1. The van der Waals surface area contributed by atoms with Crippen LogP contribution in [-0.4, -0.2) is 33.9 Å². The highest BCUT2D eigenvalue weighted by molar-refractivity contribution is 6.03. The van der Waals surface area contributed by atoms with Gasteiger partial charge >= 0.3 is 0 Å². The van der Waals surface area contributed by atoms with Crippen molar-refractivity contribution in [2.45, 2.75) is 26.7 Å². The van der Waals surface area contributed by atoms with Crippen molar-refractivity contribution in [3.63, 3.8) is 0 Å². The van der Waals surface area contributed by atoms with Gasteiger partial charge in [-0.15, -0.1) is 0 Å². The Bertz CT molecular complexity index is 660. The van der Waals surface area contributed by atoms with Crippen molar-refractivity contribution >= 4 is 11.5 Å².